The van der Waals surface area contributed by atoms with E-state index in [1.54, 1.807) is 12.1 Å². The number of rotatable bonds is 4. The van der Waals surface area contributed by atoms with Crippen LogP contribution in [0.1, 0.15) is 35.9 Å². The summed E-state index contributed by atoms with van der Waals surface area (Å²) in [6.07, 6.45) is 5.57. The zero-order chi connectivity index (χ0) is 20.8. The second kappa shape index (κ2) is 7.17. The van der Waals surface area contributed by atoms with Gasteiger partial charge in [-0.1, -0.05) is 12.1 Å². The third-order valence-electron chi connectivity index (χ3n) is 5.73. The monoisotopic (exact) mass is 409 g/mol. The number of aryl methyl sites for hydroxylation is 1. The molecule has 29 heavy (non-hydrogen) atoms. The first-order valence-corrected chi connectivity index (χ1v) is 9.85. The van der Waals surface area contributed by atoms with Gasteiger partial charge in [0.2, 0.25) is 11.8 Å². The lowest BCUT2D eigenvalue weighted by Gasteiger charge is -2.42. The summed E-state index contributed by atoms with van der Waals surface area (Å²) in [7, 11) is 0. The molecule has 0 spiro atoms. The molecule has 0 saturated heterocycles. The fourth-order valence-corrected chi connectivity index (χ4v) is 4.59. The highest BCUT2D eigenvalue weighted by Gasteiger charge is 2.60. The van der Waals surface area contributed by atoms with Gasteiger partial charge in [0.25, 0.3) is 5.69 Å². The topological polar surface area (TPSA) is 103 Å². The van der Waals surface area contributed by atoms with Gasteiger partial charge in [0.15, 0.2) is 12.4 Å². The van der Waals surface area contributed by atoms with E-state index in [-0.39, 0.29) is 11.6 Å². The molecule has 3 atom stereocenters. The Morgan fingerprint density at radius 1 is 1.34 bits per heavy atom. The van der Waals surface area contributed by atoms with Crippen molar-refractivity contribution in [2.45, 2.75) is 37.5 Å². The number of non-ortho nitro benzene ring substituents is 1. The molecule has 1 aromatic heterocycles. The van der Waals surface area contributed by atoms with E-state index in [4.69, 9.17) is 0 Å². The van der Waals surface area contributed by atoms with Gasteiger partial charge in [0.05, 0.1) is 27.5 Å². The molecule has 7 nitrogen and oxygen atoms in total. The van der Waals surface area contributed by atoms with Crippen LogP contribution in [0.4, 0.5) is 5.69 Å². The van der Waals surface area contributed by atoms with Gasteiger partial charge < -0.3 is 10.4 Å². The minimum atomic E-state index is -1.29. The minimum Gasteiger partial charge on any atom is -0.365 e. The van der Waals surface area contributed by atoms with E-state index in [2.05, 4.69) is 24.0 Å². The molecule has 1 fully saturated rings. The van der Waals surface area contributed by atoms with E-state index in [0.717, 1.165) is 24.0 Å². The van der Waals surface area contributed by atoms with Gasteiger partial charge >= 0.3 is 0 Å². The Hall–Kier alpha value is -2.89. The van der Waals surface area contributed by atoms with E-state index >= 15 is 0 Å². The summed E-state index contributed by atoms with van der Waals surface area (Å²) >= 11 is 4.48. The molecule has 148 valence electrons. The van der Waals surface area contributed by atoms with Crippen molar-refractivity contribution in [3.05, 3.63) is 80.6 Å². The number of pyridine rings is 1. The van der Waals surface area contributed by atoms with Gasteiger partial charge in [-0.05, 0) is 31.4 Å². The van der Waals surface area contributed by atoms with Crippen molar-refractivity contribution in [3.8, 4) is 6.07 Å². The maximum Gasteiger partial charge on any atom is 0.269 e. The Balaban J connectivity index is 1.92. The van der Waals surface area contributed by atoms with Crippen molar-refractivity contribution in [1.82, 2.24) is 5.32 Å². The number of nitrogens with zero attached hydrogens (tertiary/aromatic N) is 3. The lowest BCUT2D eigenvalue weighted by Crippen LogP contribution is -2.65. The summed E-state index contributed by atoms with van der Waals surface area (Å²) < 4.78 is 1.93. The smallest absolute Gasteiger partial charge is 0.269 e. The Morgan fingerprint density at radius 2 is 2.03 bits per heavy atom. The number of aliphatic hydroxyl groups is 1. The number of nitro benzene ring substituents is 1. The molecule has 0 bridgehead atoms. The van der Waals surface area contributed by atoms with Gasteiger partial charge in [-0.25, -0.2) is 0 Å². The molecular formula is C21H21N4O3S+. The molecule has 0 unspecified atom stereocenters. The summed E-state index contributed by atoms with van der Waals surface area (Å²) in [6, 6.07) is 11.8. The summed E-state index contributed by atoms with van der Waals surface area (Å²) in [6.45, 7) is 1.97. The van der Waals surface area contributed by atoms with Crippen LogP contribution >= 0.6 is 12.6 Å². The van der Waals surface area contributed by atoms with Crippen LogP contribution in [0.5, 0.6) is 0 Å². The molecule has 2 aliphatic rings. The van der Waals surface area contributed by atoms with Crippen molar-refractivity contribution in [3.63, 3.8) is 0 Å². The molecule has 2 aromatic rings. The highest BCUT2D eigenvalue weighted by molar-refractivity contribution is 7.84. The number of thiol groups is 1. The van der Waals surface area contributed by atoms with Crippen LogP contribution in [0.3, 0.4) is 0 Å². The molecular weight excluding hydrogens is 388 g/mol. The van der Waals surface area contributed by atoms with Crippen LogP contribution in [0.25, 0.3) is 0 Å². The highest BCUT2D eigenvalue weighted by atomic mass is 32.1. The van der Waals surface area contributed by atoms with E-state index in [1.165, 1.54) is 12.1 Å². The molecule has 0 radical (unpaired) electrons. The van der Waals surface area contributed by atoms with E-state index < -0.39 is 22.6 Å². The Kier molecular flexibility index (Phi) is 4.81. The quantitative estimate of drug-likeness (QED) is 0.312. The van der Waals surface area contributed by atoms with E-state index in [0.29, 0.717) is 10.6 Å². The SMILES string of the molecule is Cc1ccc[n+]([C@@H]2[C@@H](c3ccc([N+](=O)[O-])cc3)C(C#N)=C(S)N[C@]2(O)C2CC2)c1. The molecule has 2 heterocycles. The van der Waals surface area contributed by atoms with Crippen molar-refractivity contribution >= 4 is 18.3 Å². The highest BCUT2D eigenvalue weighted by Crippen LogP contribution is 2.52. The van der Waals surface area contributed by atoms with Crippen molar-refractivity contribution in [2.24, 2.45) is 5.92 Å². The average molecular weight is 409 g/mol. The van der Waals surface area contributed by atoms with Crippen molar-refractivity contribution < 1.29 is 14.6 Å². The van der Waals surface area contributed by atoms with Gasteiger partial charge in [0.1, 0.15) is 0 Å². The molecule has 8 heteroatoms. The normalized spacial score (nSPS) is 26.6. The predicted molar refractivity (Wildman–Crippen MR) is 109 cm³/mol. The van der Waals surface area contributed by atoms with Gasteiger partial charge in [0, 0.05) is 29.7 Å². The lowest BCUT2D eigenvalue weighted by molar-refractivity contribution is -0.742. The molecule has 0 amide bonds. The van der Waals surface area contributed by atoms with Gasteiger partial charge in [-0.2, -0.15) is 9.83 Å². The van der Waals surface area contributed by atoms with Crippen LogP contribution in [0.2, 0.25) is 0 Å². The molecule has 1 saturated carbocycles. The van der Waals surface area contributed by atoms with Crippen LogP contribution in [0.15, 0.2) is 59.4 Å². The number of allylic oxidation sites excluding steroid dienone is 1. The first kappa shape index (κ1) is 19.4. The average Bonchev–Trinajstić information content (AvgIpc) is 3.53. The first-order chi connectivity index (χ1) is 13.8. The number of aromatic nitrogens is 1. The van der Waals surface area contributed by atoms with Crippen molar-refractivity contribution in [2.75, 3.05) is 0 Å². The summed E-state index contributed by atoms with van der Waals surface area (Å²) in [4.78, 5) is 10.6. The van der Waals surface area contributed by atoms with Gasteiger partial charge in [-0.15, -0.1) is 12.6 Å². The number of hydrogen-bond donors (Lipinski definition) is 3. The second-order valence-electron chi connectivity index (χ2n) is 7.70. The molecule has 1 aromatic carbocycles. The zero-order valence-electron chi connectivity index (χ0n) is 15.8. The maximum absolute atomic E-state index is 11.7. The third kappa shape index (κ3) is 3.37. The standard InChI is InChI=1S/C21H20N4O3S/c1-13-3-2-10-24(12-13)19-18(14-4-8-16(9-5-14)25(27)28)17(11-22)20(29)23-21(19,26)15-6-7-15/h2-5,8-10,12,15,18-19,23,26H,6-7H2,1H3/p+1/t18-,19+,21-/m0/s1. The fraction of sp³-hybridized carbons (Fsp3) is 0.333. The summed E-state index contributed by atoms with van der Waals surface area (Å²) in [5.74, 6) is -0.476. The van der Waals surface area contributed by atoms with Crippen LogP contribution < -0.4 is 9.88 Å². The van der Waals surface area contributed by atoms with Crippen molar-refractivity contribution in [1.29, 1.82) is 5.26 Å². The fourth-order valence-electron chi connectivity index (χ4n) is 4.22. The molecule has 1 aliphatic carbocycles. The van der Waals surface area contributed by atoms with E-state index in [1.807, 2.05) is 36.0 Å². The predicted octanol–water partition coefficient (Wildman–Crippen LogP) is 2.88. The largest absolute Gasteiger partial charge is 0.365 e. The number of nitro groups is 1. The molecule has 1 aliphatic heterocycles. The van der Waals surface area contributed by atoms with Crippen LogP contribution in [-0.4, -0.2) is 15.8 Å². The minimum absolute atomic E-state index is 0.0199. The number of benzene rings is 1. The molecule has 2 N–H and O–H groups in total. The maximum atomic E-state index is 11.7. The number of hydrogen-bond acceptors (Lipinski definition) is 6. The Labute approximate surface area is 173 Å². The Morgan fingerprint density at radius 3 is 2.59 bits per heavy atom. The Bertz CT molecular complexity index is 1040. The third-order valence-corrected chi connectivity index (χ3v) is 6.08. The lowest BCUT2D eigenvalue weighted by atomic mass is 9.76. The summed E-state index contributed by atoms with van der Waals surface area (Å²) in [5, 5.41) is 36.1. The van der Waals surface area contributed by atoms with Gasteiger partial charge in [-0.3, -0.25) is 10.1 Å². The van der Waals surface area contributed by atoms with Crippen LogP contribution in [-0.2, 0) is 0 Å². The second-order valence-corrected chi connectivity index (χ2v) is 8.15. The number of nitriles is 1. The molecule has 4 rings (SSSR count). The van der Waals surface area contributed by atoms with E-state index in [9.17, 15) is 20.5 Å². The van der Waals surface area contributed by atoms with Crippen LogP contribution in [0, 0.1) is 34.3 Å². The zero-order valence-corrected chi connectivity index (χ0v) is 16.7. The first-order valence-electron chi connectivity index (χ1n) is 9.40. The summed E-state index contributed by atoms with van der Waals surface area (Å²) in [5.41, 5.74) is 0.827. The number of nitrogens with one attached hydrogen (secondary N) is 1.